The van der Waals surface area contributed by atoms with E-state index < -0.39 is 0 Å². The minimum Gasteiger partial charge on any atom is -0.272 e. The number of nitroso groups, excluding NO2 is 1. The Hall–Kier alpha value is -1.97. The summed E-state index contributed by atoms with van der Waals surface area (Å²) >= 11 is 0. The number of hydrogen-bond acceptors (Lipinski definition) is 3. The molecule has 72 valence electrons. The number of carbonyl (C=O) groups is 1. The van der Waals surface area contributed by atoms with E-state index >= 15 is 0 Å². The van der Waals surface area contributed by atoms with Gasteiger partial charge in [0.05, 0.1) is 11.7 Å². The average molecular weight is 190 g/mol. The number of nitrogens with zero attached hydrogens (tertiary/aromatic N) is 2. The van der Waals surface area contributed by atoms with Gasteiger partial charge in [0.2, 0.25) is 0 Å². The second kappa shape index (κ2) is 4.91. The normalized spacial score (nSPS) is 9.14. The Morgan fingerprint density at radius 1 is 1.43 bits per heavy atom. The summed E-state index contributed by atoms with van der Waals surface area (Å²) in [5, 5.41) is 3.21. The molecule has 0 unspecified atom stereocenters. The molecule has 1 amide bonds. The Kier molecular flexibility index (Phi) is 3.55. The first-order valence-electron chi connectivity index (χ1n) is 4.09. The fourth-order valence-electron chi connectivity index (χ4n) is 1.03. The maximum atomic E-state index is 11.3. The Morgan fingerprint density at radius 2 is 2.07 bits per heavy atom. The molecular weight excluding hydrogens is 180 g/mol. The van der Waals surface area contributed by atoms with E-state index in [-0.39, 0.29) is 12.3 Å². The van der Waals surface area contributed by atoms with E-state index in [0.717, 1.165) is 11.8 Å². The fourth-order valence-corrected chi connectivity index (χ4v) is 1.03. The van der Waals surface area contributed by atoms with Gasteiger partial charge in [-0.05, 0) is 5.56 Å². The monoisotopic (exact) mass is 190 g/mol. The van der Waals surface area contributed by atoms with Gasteiger partial charge in [0.1, 0.15) is 0 Å². The summed E-state index contributed by atoms with van der Waals surface area (Å²) in [6, 6.07) is 9.13. The minimum atomic E-state index is -0.388. The predicted molar refractivity (Wildman–Crippen MR) is 53.0 cm³/mol. The zero-order chi connectivity index (χ0) is 10.4. The molecule has 1 rings (SSSR count). The zero-order valence-electron chi connectivity index (χ0n) is 7.59. The van der Waals surface area contributed by atoms with Crippen LogP contribution >= 0.6 is 0 Å². The van der Waals surface area contributed by atoms with E-state index in [1.165, 1.54) is 0 Å². The van der Waals surface area contributed by atoms with Crippen LogP contribution in [0.25, 0.3) is 0 Å². The number of hydrogen-bond donors (Lipinski definition) is 0. The molecule has 4 heteroatoms. The van der Waals surface area contributed by atoms with Crippen molar-refractivity contribution in [3.05, 3.63) is 53.6 Å². The maximum Gasteiger partial charge on any atom is 0.253 e. The summed E-state index contributed by atoms with van der Waals surface area (Å²) in [4.78, 5) is 21.5. The molecule has 0 aliphatic carbocycles. The van der Waals surface area contributed by atoms with Crippen molar-refractivity contribution in [3.63, 3.8) is 0 Å². The number of benzene rings is 1. The fraction of sp³-hybridized carbons (Fsp3) is 0.100. The van der Waals surface area contributed by atoms with Crippen LogP contribution in [0, 0.1) is 4.91 Å². The summed E-state index contributed by atoms with van der Waals surface area (Å²) in [5.41, 5.74) is 0.841. The van der Waals surface area contributed by atoms with Gasteiger partial charge in [0, 0.05) is 6.20 Å². The third-order valence-electron chi connectivity index (χ3n) is 1.71. The number of amides is 1. The first-order valence-corrected chi connectivity index (χ1v) is 4.09. The van der Waals surface area contributed by atoms with Gasteiger partial charge in [-0.1, -0.05) is 36.9 Å². The second-order valence-corrected chi connectivity index (χ2v) is 2.66. The summed E-state index contributed by atoms with van der Waals surface area (Å²) in [6.45, 7) is 3.31. The Balaban J connectivity index is 2.65. The van der Waals surface area contributed by atoms with E-state index in [1.54, 1.807) is 0 Å². The van der Waals surface area contributed by atoms with Crippen LogP contribution in [-0.4, -0.2) is 10.9 Å². The molecule has 1 aromatic carbocycles. The minimum absolute atomic E-state index is 0.151. The predicted octanol–water partition coefficient (Wildman–Crippen LogP) is 1.88. The molecule has 0 heterocycles. The van der Waals surface area contributed by atoms with Crippen molar-refractivity contribution >= 4 is 5.91 Å². The third kappa shape index (κ3) is 2.52. The van der Waals surface area contributed by atoms with Gasteiger partial charge in [-0.3, -0.25) is 4.79 Å². The van der Waals surface area contributed by atoms with Crippen LogP contribution in [0.15, 0.2) is 48.4 Å². The van der Waals surface area contributed by atoms with Gasteiger partial charge < -0.3 is 0 Å². The van der Waals surface area contributed by atoms with Crippen LogP contribution in [0.1, 0.15) is 5.56 Å². The van der Waals surface area contributed by atoms with Crippen LogP contribution in [-0.2, 0) is 11.2 Å². The van der Waals surface area contributed by atoms with Gasteiger partial charge in [-0.15, -0.1) is 4.91 Å². The number of carbonyl (C=O) groups excluding carboxylic acids is 1. The van der Waals surface area contributed by atoms with Gasteiger partial charge >= 0.3 is 0 Å². The van der Waals surface area contributed by atoms with Crippen molar-refractivity contribution < 1.29 is 4.79 Å². The second-order valence-electron chi connectivity index (χ2n) is 2.66. The molecule has 14 heavy (non-hydrogen) atoms. The Morgan fingerprint density at radius 3 is 2.57 bits per heavy atom. The third-order valence-corrected chi connectivity index (χ3v) is 1.71. The van der Waals surface area contributed by atoms with Crippen molar-refractivity contribution in [2.24, 2.45) is 5.29 Å². The highest BCUT2D eigenvalue weighted by molar-refractivity contribution is 5.79. The van der Waals surface area contributed by atoms with Gasteiger partial charge in [-0.2, -0.15) is 5.01 Å². The highest BCUT2D eigenvalue weighted by Crippen LogP contribution is 2.03. The lowest BCUT2D eigenvalue weighted by molar-refractivity contribution is -0.128. The smallest absolute Gasteiger partial charge is 0.253 e. The van der Waals surface area contributed by atoms with Crippen LogP contribution in [0.4, 0.5) is 0 Å². The van der Waals surface area contributed by atoms with Gasteiger partial charge in [-0.25, -0.2) is 0 Å². The highest BCUT2D eigenvalue weighted by atomic mass is 16.3. The van der Waals surface area contributed by atoms with E-state index in [1.807, 2.05) is 30.3 Å². The summed E-state index contributed by atoms with van der Waals surface area (Å²) < 4.78 is 0. The zero-order valence-corrected chi connectivity index (χ0v) is 7.59. The molecule has 0 aliphatic rings. The first-order chi connectivity index (χ1) is 6.77. The maximum absolute atomic E-state index is 11.3. The van der Waals surface area contributed by atoms with E-state index in [2.05, 4.69) is 11.9 Å². The standard InChI is InChI=1S/C10H10N2O2/c1-2-12(11-14)10(13)8-9-6-4-3-5-7-9/h2-7H,1,8H2. The number of rotatable bonds is 4. The van der Waals surface area contributed by atoms with Crippen LogP contribution < -0.4 is 0 Å². The lowest BCUT2D eigenvalue weighted by Crippen LogP contribution is -2.20. The Bertz CT molecular complexity index is 327. The molecule has 0 saturated heterocycles. The summed E-state index contributed by atoms with van der Waals surface area (Å²) in [5.74, 6) is -0.388. The molecule has 0 atom stereocenters. The van der Waals surface area contributed by atoms with Crippen LogP contribution in [0.3, 0.4) is 0 Å². The lowest BCUT2D eigenvalue weighted by Gasteiger charge is -2.06. The van der Waals surface area contributed by atoms with Crippen molar-refractivity contribution in [2.75, 3.05) is 0 Å². The average Bonchev–Trinajstić information content (AvgIpc) is 2.21. The lowest BCUT2D eigenvalue weighted by atomic mass is 10.1. The molecule has 0 N–H and O–H groups in total. The molecule has 0 bridgehead atoms. The molecule has 0 saturated carbocycles. The van der Waals surface area contributed by atoms with Crippen LogP contribution in [0.5, 0.6) is 0 Å². The van der Waals surface area contributed by atoms with Crippen LogP contribution in [0.2, 0.25) is 0 Å². The molecule has 0 spiro atoms. The van der Waals surface area contributed by atoms with Crippen molar-refractivity contribution in [3.8, 4) is 0 Å². The molecule has 0 aromatic heterocycles. The van der Waals surface area contributed by atoms with Crippen molar-refractivity contribution in [1.29, 1.82) is 0 Å². The summed E-state index contributed by atoms with van der Waals surface area (Å²) in [7, 11) is 0. The molecular formula is C10H10N2O2. The summed E-state index contributed by atoms with van der Waals surface area (Å²) in [6.07, 6.45) is 1.25. The highest BCUT2D eigenvalue weighted by Gasteiger charge is 2.10. The van der Waals surface area contributed by atoms with E-state index in [9.17, 15) is 9.70 Å². The van der Waals surface area contributed by atoms with E-state index in [4.69, 9.17) is 0 Å². The van der Waals surface area contributed by atoms with Crippen molar-refractivity contribution in [2.45, 2.75) is 6.42 Å². The largest absolute Gasteiger partial charge is 0.272 e. The molecule has 4 nitrogen and oxygen atoms in total. The van der Waals surface area contributed by atoms with Crippen molar-refractivity contribution in [1.82, 2.24) is 5.01 Å². The molecule has 0 radical (unpaired) electrons. The Labute approximate surface area is 81.8 Å². The molecule has 0 fully saturated rings. The molecule has 1 aromatic rings. The SMILES string of the molecule is C=CN(N=O)C(=O)Cc1ccccc1. The molecule has 0 aliphatic heterocycles. The van der Waals surface area contributed by atoms with Gasteiger partial charge in [0.25, 0.3) is 5.91 Å². The van der Waals surface area contributed by atoms with Gasteiger partial charge in [0.15, 0.2) is 0 Å². The van der Waals surface area contributed by atoms with E-state index in [0.29, 0.717) is 5.01 Å². The quantitative estimate of drug-likeness (QED) is 0.537. The first kappa shape index (κ1) is 10.1. The topological polar surface area (TPSA) is 49.7 Å².